The van der Waals surface area contributed by atoms with Crippen LogP contribution in [0.3, 0.4) is 0 Å². The Labute approximate surface area is 144 Å². The first kappa shape index (κ1) is 27.0. The Morgan fingerprint density at radius 2 is 1.43 bits per heavy atom. The van der Waals surface area contributed by atoms with Gasteiger partial charge < -0.3 is 10.4 Å². The van der Waals surface area contributed by atoms with Gasteiger partial charge in [0, 0.05) is 31.4 Å². The number of carbonyl (C=O) groups excluding carboxylic acids is 2. The quantitative estimate of drug-likeness (QED) is 0.695. The van der Waals surface area contributed by atoms with Crippen LogP contribution in [0.1, 0.15) is 88.0 Å². The van der Waals surface area contributed by atoms with Crippen LogP contribution < -0.4 is 5.32 Å². The Hall–Kier alpha value is -0.900. The summed E-state index contributed by atoms with van der Waals surface area (Å²) in [4.78, 5) is 22.4. The molecule has 0 saturated carbocycles. The minimum Gasteiger partial charge on any atom is -0.396 e. The molecule has 23 heavy (non-hydrogen) atoms. The van der Waals surface area contributed by atoms with Crippen molar-refractivity contribution in [3.63, 3.8) is 0 Å². The minimum atomic E-state index is -0.402. The molecule has 0 atom stereocenters. The lowest BCUT2D eigenvalue weighted by atomic mass is 10.0. The van der Waals surface area contributed by atoms with Gasteiger partial charge in [0.15, 0.2) is 0 Å². The molecule has 1 amide bonds. The van der Waals surface area contributed by atoms with Gasteiger partial charge in [0.25, 0.3) is 0 Å². The van der Waals surface area contributed by atoms with Crippen LogP contribution in [-0.4, -0.2) is 28.9 Å². The predicted octanol–water partition coefficient (Wildman–Crippen LogP) is 4.35. The predicted molar refractivity (Wildman–Crippen MR) is 99.5 cm³/mol. The van der Waals surface area contributed by atoms with Gasteiger partial charge in [-0.1, -0.05) is 48.5 Å². The van der Waals surface area contributed by atoms with Gasteiger partial charge in [-0.2, -0.15) is 0 Å². The first-order valence-electron chi connectivity index (χ1n) is 8.99. The molecule has 0 spiro atoms. The zero-order valence-electron chi connectivity index (χ0n) is 17.0. The van der Waals surface area contributed by atoms with Crippen molar-refractivity contribution < 1.29 is 14.7 Å². The highest BCUT2D eigenvalue weighted by atomic mass is 16.3. The molecule has 0 heterocycles. The normalized spacial score (nSPS) is 10.4. The van der Waals surface area contributed by atoms with Gasteiger partial charge >= 0.3 is 0 Å². The molecule has 2 N–H and O–H groups in total. The first-order valence-corrected chi connectivity index (χ1v) is 8.99. The largest absolute Gasteiger partial charge is 0.396 e. The van der Waals surface area contributed by atoms with Crippen LogP contribution in [0.4, 0.5) is 0 Å². The molecule has 140 valence electrons. The standard InChI is InChI=1S/C11H21NO3.C6H14.C2H6/c1-4-9(14)5-6-10(15)12-11(2,3)7-8-13;1-5(2)6(3)4;1-2/h13H,4-8H2,1-3H3,(H,12,15);5-6H,1-4H3;1-2H3. The van der Waals surface area contributed by atoms with E-state index in [1.54, 1.807) is 6.92 Å². The number of aliphatic hydroxyl groups excluding tert-OH is 1. The number of hydrogen-bond acceptors (Lipinski definition) is 3. The fourth-order valence-electron chi connectivity index (χ4n) is 1.21. The molecule has 0 aliphatic carbocycles. The topological polar surface area (TPSA) is 66.4 Å². The van der Waals surface area contributed by atoms with E-state index in [4.69, 9.17) is 5.11 Å². The van der Waals surface area contributed by atoms with Crippen LogP contribution in [0.15, 0.2) is 0 Å². The summed E-state index contributed by atoms with van der Waals surface area (Å²) in [5.41, 5.74) is -0.402. The smallest absolute Gasteiger partial charge is 0.220 e. The van der Waals surface area contributed by atoms with Gasteiger partial charge in [0.1, 0.15) is 5.78 Å². The average molecular weight is 332 g/mol. The molecule has 0 rings (SSSR count). The third kappa shape index (κ3) is 21.1. The zero-order valence-corrected chi connectivity index (χ0v) is 17.0. The van der Waals surface area contributed by atoms with Crippen molar-refractivity contribution in [3.05, 3.63) is 0 Å². The second-order valence-corrected chi connectivity index (χ2v) is 6.79. The minimum absolute atomic E-state index is 0.0428. The summed E-state index contributed by atoms with van der Waals surface area (Å²) in [7, 11) is 0. The molecule has 0 bridgehead atoms. The molecule has 0 fully saturated rings. The van der Waals surface area contributed by atoms with E-state index < -0.39 is 5.54 Å². The summed E-state index contributed by atoms with van der Waals surface area (Å²) >= 11 is 0. The van der Waals surface area contributed by atoms with Crippen molar-refractivity contribution in [3.8, 4) is 0 Å². The number of Topliss-reactive ketones (excluding diaryl/α,β-unsaturated/α-hetero) is 1. The van der Waals surface area contributed by atoms with Crippen LogP contribution in [-0.2, 0) is 9.59 Å². The lowest BCUT2D eigenvalue weighted by Gasteiger charge is -2.25. The number of amides is 1. The first-order chi connectivity index (χ1) is 10.6. The Balaban J connectivity index is -0.000000418. The molecule has 4 heteroatoms. The average Bonchev–Trinajstić information content (AvgIpc) is 2.46. The van der Waals surface area contributed by atoms with Crippen molar-refractivity contribution in [2.45, 2.75) is 93.5 Å². The number of ketones is 1. The number of nitrogens with one attached hydrogen (secondary N) is 1. The maximum atomic E-state index is 11.4. The van der Waals surface area contributed by atoms with Gasteiger partial charge in [0.05, 0.1) is 0 Å². The van der Waals surface area contributed by atoms with Crippen molar-refractivity contribution in [2.75, 3.05) is 6.61 Å². The Morgan fingerprint density at radius 1 is 1.00 bits per heavy atom. The van der Waals surface area contributed by atoms with E-state index in [1.165, 1.54) is 0 Å². The van der Waals surface area contributed by atoms with Crippen LogP contribution in [0, 0.1) is 11.8 Å². The summed E-state index contributed by atoms with van der Waals surface area (Å²) in [6.45, 7) is 18.5. The van der Waals surface area contributed by atoms with Crippen LogP contribution >= 0.6 is 0 Å². The number of rotatable bonds is 8. The van der Waals surface area contributed by atoms with Crippen LogP contribution in [0.5, 0.6) is 0 Å². The van der Waals surface area contributed by atoms with Gasteiger partial charge in [0.2, 0.25) is 5.91 Å². The molecule has 0 radical (unpaired) electrons. The fourth-order valence-corrected chi connectivity index (χ4v) is 1.21. The monoisotopic (exact) mass is 331 g/mol. The van der Waals surface area contributed by atoms with Crippen molar-refractivity contribution in [1.82, 2.24) is 5.32 Å². The molecule has 0 aliphatic rings. The highest BCUT2D eigenvalue weighted by molar-refractivity contribution is 5.85. The van der Waals surface area contributed by atoms with E-state index in [9.17, 15) is 9.59 Å². The fraction of sp³-hybridized carbons (Fsp3) is 0.895. The van der Waals surface area contributed by atoms with Crippen molar-refractivity contribution in [2.24, 2.45) is 11.8 Å². The number of carbonyl (C=O) groups is 2. The number of hydrogen-bond donors (Lipinski definition) is 2. The molecule has 0 aromatic rings. The summed E-state index contributed by atoms with van der Waals surface area (Å²) in [6.07, 6.45) is 1.53. The maximum absolute atomic E-state index is 11.4. The van der Waals surface area contributed by atoms with E-state index in [-0.39, 0.29) is 24.7 Å². The lowest BCUT2D eigenvalue weighted by molar-refractivity contribution is -0.126. The number of aliphatic hydroxyl groups is 1. The second-order valence-electron chi connectivity index (χ2n) is 6.79. The molecule has 0 aliphatic heterocycles. The molecule has 0 unspecified atom stereocenters. The third-order valence-corrected chi connectivity index (χ3v) is 3.57. The van der Waals surface area contributed by atoms with Crippen LogP contribution in [0.2, 0.25) is 0 Å². The Bertz CT molecular complexity index is 291. The molecule has 0 aromatic heterocycles. The van der Waals surface area contributed by atoms with Gasteiger partial charge in [-0.3, -0.25) is 9.59 Å². The van der Waals surface area contributed by atoms with Crippen LogP contribution in [0.25, 0.3) is 0 Å². The summed E-state index contributed by atoms with van der Waals surface area (Å²) in [5, 5.41) is 11.6. The zero-order chi connectivity index (χ0) is 19.1. The summed E-state index contributed by atoms with van der Waals surface area (Å²) in [6, 6.07) is 0. The van der Waals surface area contributed by atoms with E-state index in [1.807, 2.05) is 27.7 Å². The van der Waals surface area contributed by atoms with Gasteiger partial charge in [-0.05, 0) is 32.1 Å². The lowest BCUT2D eigenvalue weighted by Crippen LogP contribution is -2.44. The summed E-state index contributed by atoms with van der Waals surface area (Å²) < 4.78 is 0. The highest BCUT2D eigenvalue weighted by Crippen LogP contribution is 2.08. The van der Waals surface area contributed by atoms with Crippen molar-refractivity contribution >= 4 is 11.7 Å². The second kappa shape index (κ2) is 16.0. The maximum Gasteiger partial charge on any atom is 0.220 e. The Morgan fingerprint density at radius 3 is 1.74 bits per heavy atom. The van der Waals surface area contributed by atoms with E-state index in [0.717, 1.165) is 11.8 Å². The molecule has 0 saturated heterocycles. The molecular formula is C19H41NO3. The molecule has 4 nitrogen and oxygen atoms in total. The van der Waals surface area contributed by atoms with Gasteiger partial charge in [-0.15, -0.1) is 0 Å². The highest BCUT2D eigenvalue weighted by Gasteiger charge is 2.19. The Kier molecular flexibility index (Phi) is 18.7. The summed E-state index contributed by atoms with van der Waals surface area (Å²) in [5.74, 6) is 1.68. The molecule has 0 aromatic carbocycles. The van der Waals surface area contributed by atoms with E-state index >= 15 is 0 Å². The van der Waals surface area contributed by atoms with Crippen molar-refractivity contribution in [1.29, 1.82) is 0 Å². The SMILES string of the molecule is CC.CC(C)C(C)C.CCC(=O)CCC(=O)NC(C)(C)CCO. The third-order valence-electron chi connectivity index (χ3n) is 3.57. The van der Waals surface area contributed by atoms with E-state index in [0.29, 0.717) is 19.3 Å². The van der Waals surface area contributed by atoms with E-state index in [2.05, 4.69) is 33.0 Å². The molecular weight excluding hydrogens is 290 g/mol. The van der Waals surface area contributed by atoms with Gasteiger partial charge in [-0.25, -0.2) is 0 Å².